The Balaban J connectivity index is 2.12. The van der Waals surface area contributed by atoms with Gasteiger partial charge in [-0.2, -0.15) is 0 Å². The summed E-state index contributed by atoms with van der Waals surface area (Å²) in [6.45, 7) is 2.94. The lowest BCUT2D eigenvalue weighted by atomic mass is 10.1. The summed E-state index contributed by atoms with van der Waals surface area (Å²) >= 11 is 5.92. The first-order chi connectivity index (χ1) is 10.0. The zero-order valence-corrected chi connectivity index (χ0v) is 12.4. The normalized spacial score (nSPS) is 10.4. The van der Waals surface area contributed by atoms with Gasteiger partial charge in [0.05, 0.1) is 4.92 Å². The minimum Gasteiger partial charge on any atom is -0.381 e. The fourth-order valence-electron chi connectivity index (χ4n) is 1.99. The summed E-state index contributed by atoms with van der Waals surface area (Å²) in [5.74, 6) is 0. The standard InChI is InChI=1S/C15H16ClN3O2/c1-10-6-15(19(20)21)13(16)7-14(10)18-9-12-4-2-11(8-17)3-5-12/h2-7,18H,8-9,17H2,1H3. The van der Waals surface area contributed by atoms with E-state index < -0.39 is 4.92 Å². The Morgan fingerprint density at radius 3 is 2.43 bits per heavy atom. The van der Waals surface area contributed by atoms with Gasteiger partial charge in [0.1, 0.15) is 5.02 Å². The highest BCUT2D eigenvalue weighted by atomic mass is 35.5. The molecule has 21 heavy (non-hydrogen) atoms. The maximum absolute atomic E-state index is 10.8. The van der Waals surface area contributed by atoms with Crippen LogP contribution in [-0.2, 0) is 13.1 Å². The van der Waals surface area contributed by atoms with Crippen molar-refractivity contribution in [3.05, 3.63) is 68.2 Å². The van der Waals surface area contributed by atoms with Crippen LogP contribution >= 0.6 is 11.6 Å². The number of nitrogens with zero attached hydrogens (tertiary/aromatic N) is 1. The molecule has 0 aliphatic heterocycles. The van der Waals surface area contributed by atoms with E-state index in [9.17, 15) is 10.1 Å². The van der Waals surface area contributed by atoms with Crippen LogP contribution in [0.5, 0.6) is 0 Å². The molecule has 0 heterocycles. The van der Waals surface area contributed by atoms with Crippen LogP contribution in [0.3, 0.4) is 0 Å². The van der Waals surface area contributed by atoms with Gasteiger partial charge in [-0.1, -0.05) is 35.9 Å². The van der Waals surface area contributed by atoms with Crippen molar-refractivity contribution in [3.8, 4) is 0 Å². The molecule has 2 aromatic carbocycles. The number of anilines is 1. The van der Waals surface area contributed by atoms with E-state index >= 15 is 0 Å². The Morgan fingerprint density at radius 2 is 1.86 bits per heavy atom. The number of nitro groups is 1. The molecule has 5 nitrogen and oxygen atoms in total. The third-order valence-corrected chi connectivity index (χ3v) is 3.53. The molecule has 0 aliphatic rings. The van der Waals surface area contributed by atoms with Crippen molar-refractivity contribution in [2.75, 3.05) is 5.32 Å². The Morgan fingerprint density at radius 1 is 1.24 bits per heavy atom. The molecule has 0 spiro atoms. The predicted molar refractivity (Wildman–Crippen MR) is 84.5 cm³/mol. The van der Waals surface area contributed by atoms with Gasteiger partial charge >= 0.3 is 0 Å². The lowest BCUT2D eigenvalue weighted by Crippen LogP contribution is -2.03. The second-order valence-corrected chi connectivity index (χ2v) is 5.16. The largest absolute Gasteiger partial charge is 0.381 e. The van der Waals surface area contributed by atoms with Crippen molar-refractivity contribution in [1.29, 1.82) is 0 Å². The first-order valence-corrected chi connectivity index (χ1v) is 6.85. The van der Waals surface area contributed by atoms with Crippen LogP contribution in [0.15, 0.2) is 36.4 Å². The van der Waals surface area contributed by atoms with E-state index in [0.29, 0.717) is 13.1 Å². The number of benzene rings is 2. The number of nitrogens with one attached hydrogen (secondary N) is 1. The van der Waals surface area contributed by atoms with E-state index in [0.717, 1.165) is 22.4 Å². The van der Waals surface area contributed by atoms with Gasteiger partial charge in [0.15, 0.2) is 0 Å². The van der Waals surface area contributed by atoms with Gasteiger partial charge in [-0.05, 0) is 29.7 Å². The highest BCUT2D eigenvalue weighted by Crippen LogP contribution is 2.30. The first-order valence-electron chi connectivity index (χ1n) is 6.47. The van der Waals surface area contributed by atoms with Gasteiger partial charge < -0.3 is 11.1 Å². The fraction of sp³-hybridized carbons (Fsp3) is 0.200. The molecular weight excluding hydrogens is 290 g/mol. The second kappa shape index (κ2) is 6.56. The smallest absolute Gasteiger partial charge is 0.288 e. The summed E-state index contributed by atoms with van der Waals surface area (Å²) in [5, 5.41) is 14.2. The van der Waals surface area contributed by atoms with E-state index in [2.05, 4.69) is 5.32 Å². The molecule has 0 saturated carbocycles. The Kier molecular flexibility index (Phi) is 4.77. The van der Waals surface area contributed by atoms with E-state index in [1.807, 2.05) is 31.2 Å². The highest BCUT2D eigenvalue weighted by molar-refractivity contribution is 6.33. The third kappa shape index (κ3) is 3.71. The lowest BCUT2D eigenvalue weighted by molar-refractivity contribution is -0.384. The van der Waals surface area contributed by atoms with Crippen molar-refractivity contribution in [2.45, 2.75) is 20.0 Å². The van der Waals surface area contributed by atoms with Crippen molar-refractivity contribution in [3.63, 3.8) is 0 Å². The second-order valence-electron chi connectivity index (χ2n) is 4.75. The van der Waals surface area contributed by atoms with Crippen LogP contribution < -0.4 is 11.1 Å². The van der Waals surface area contributed by atoms with Crippen LogP contribution in [-0.4, -0.2) is 4.92 Å². The number of nitro benzene ring substituents is 1. The average molecular weight is 306 g/mol. The molecule has 3 N–H and O–H groups in total. The number of aryl methyl sites for hydroxylation is 1. The zero-order chi connectivity index (χ0) is 15.4. The molecule has 0 fully saturated rings. The van der Waals surface area contributed by atoms with Crippen LogP contribution in [0.25, 0.3) is 0 Å². The minimum atomic E-state index is -0.481. The number of nitrogens with two attached hydrogens (primary N) is 1. The molecule has 0 unspecified atom stereocenters. The average Bonchev–Trinajstić information content (AvgIpc) is 2.48. The van der Waals surface area contributed by atoms with E-state index in [-0.39, 0.29) is 10.7 Å². The molecule has 0 bridgehead atoms. The van der Waals surface area contributed by atoms with Gasteiger partial charge in [0.25, 0.3) is 5.69 Å². The van der Waals surface area contributed by atoms with E-state index in [4.69, 9.17) is 17.3 Å². The molecule has 2 aromatic rings. The van der Waals surface area contributed by atoms with Crippen LogP contribution in [0.1, 0.15) is 16.7 Å². The number of hydrogen-bond donors (Lipinski definition) is 2. The van der Waals surface area contributed by atoms with Crippen molar-refractivity contribution in [2.24, 2.45) is 5.73 Å². The predicted octanol–water partition coefficient (Wildman–Crippen LogP) is 3.63. The number of hydrogen-bond acceptors (Lipinski definition) is 4. The zero-order valence-electron chi connectivity index (χ0n) is 11.6. The summed E-state index contributed by atoms with van der Waals surface area (Å²) < 4.78 is 0. The first kappa shape index (κ1) is 15.3. The Bertz CT molecular complexity index is 657. The SMILES string of the molecule is Cc1cc([N+](=O)[O-])c(Cl)cc1NCc1ccc(CN)cc1. The topological polar surface area (TPSA) is 81.2 Å². The molecule has 2 rings (SSSR count). The molecule has 0 aromatic heterocycles. The molecule has 0 atom stereocenters. The number of halogens is 1. The molecule has 0 amide bonds. The van der Waals surface area contributed by atoms with Crippen molar-refractivity contribution >= 4 is 23.0 Å². The van der Waals surface area contributed by atoms with Gasteiger partial charge in [0, 0.05) is 24.8 Å². The molecule has 0 radical (unpaired) electrons. The van der Waals surface area contributed by atoms with Crippen LogP contribution in [0.2, 0.25) is 5.02 Å². The molecule has 0 aliphatic carbocycles. The van der Waals surface area contributed by atoms with Gasteiger partial charge in [-0.25, -0.2) is 0 Å². The molecule has 110 valence electrons. The minimum absolute atomic E-state index is 0.0768. The Hall–Kier alpha value is -2.11. The van der Waals surface area contributed by atoms with Crippen LogP contribution in [0.4, 0.5) is 11.4 Å². The van der Waals surface area contributed by atoms with Crippen molar-refractivity contribution in [1.82, 2.24) is 0 Å². The summed E-state index contributed by atoms with van der Waals surface area (Å²) in [6.07, 6.45) is 0. The monoisotopic (exact) mass is 305 g/mol. The molecule has 0 saturated heterocycles. The van der Waals surface area contributed by atoms with Crippen LogP contribution in [0, 0.1) is 17.0 Å². The fourth-order valence-corrected chi connectivity index (χ4v) is 2.22. The van der Waals surface area contributed by atoms with E-state index in [1.54, 1.807) is 6.07 Å². The van der Waals surface area contributed by atoms with Crippen molar-refractivity contribution < 1.29 is 4.92 Å². The highest BCUT2D eigenvalue weighted by Gasteiger charge is 2.14. The Labute approximate surface area is 127 Å². The summed E-state index contributed by atoms with van der Waals surface area (Å²) in [4.78, 5) is 10.3. The molecule has 6 heteroatoms. The maximum Gasteiger partial charge on any atom is 0.288 e. The lowest BCUT2D eigenvalue weighted by Gasteiger charge is -2.11. The van der Waals surface area contributed by atoms with Gasteiger partial charge in [0.2, 0.25) is 0 Å². The van der Waals surface area contributed by atoms with E-state index in [1.165, 1.54) is 6.07 Å². The van der Waals surface area contributed by atoms with Gasteiger partial charge in [-0.3, -0.25) is 10.1 Å². The summed E-state index contributed by atoms with van der Waals surface area (Å²) in [5.41, 5.74) is 9.22. The maximum atomic E-state index is 10.8. The quantitative estimate of drug-likeness (QED) is 0.653. The summed E-state index contributed by atoms with van der Waals surface area (Å²) in [6, 6.07) is 11.0. The molecular formula is C15H16ClN3O2. The summed E-state index contributed by atoms with van der Waals surface area (Å²) in [7, 11) is 0. The van der Waals surface area contributed by atoms with Gasteiger partial charge in [-0.15, -0.1) is 0 Å². The number of rotatable bonds is 5. The third-order valence-electron chi connectivity index (χ3n) is 3.23.